The highest BCUT2D eigenvalue weighted by atomic mass is 16.5. The van der Waals surface area contributed by atoms with E-state index in [9.17, 15) is 4.79 Å². The summed E-state index contributed by atoms with van der Waals surface area (Å²) in [4.78, 5) is 12.3. The van der Waals surface area contributed by atoms with Crippen LogP contribution in [0, 0.1) is 11.8 Å². The second-order valence-electron chi connectivity index (χ2n) is 6.19. The Morgan fingerprint density at radius 2 is 2.29 bits per heavy atom. The number of aliphatic hydroxyl groups is 1. The number of carbonyl (C=O) groups is 1. The van der Waals surface area contributed by atoms with Gasteiger partial charge in [0.15, 0.2) is 0 Å². The van der Waals surface area contributed by atoms with Crippen molar-refractivity contribution in [1.29, 1.82) is 0 Å². The number of benzene rings is 1. The van der Waals surface area contributed by atoms with E-state index < -0.39 is 0 Å². The van der Waals surface area contributed by atoms with E-state index in [4.69, 9.17) is 9.84 Å². The highest BCUT2D eigenvalue weighted by molar-refractivity contribution is 5.83. The van der Waals surface area contributed by atoms with Gasteiger partial charge in [-0.3, -0.25) is 4.79 Å². The van der Waals surface area contributed by atoms with Gasteiger partial charge in [-0.05, 0) is 55.2 Å². The van der Waals surface area contributed by atoms with Crippen LogP contribution in [0.4, 0.5) is 0 Å². The zero-order valence-corrected chi connectivity index (χ0v) is 12.4. The van der Waals surface area contributed by atoms with Crippen LogP contribution in [0.25, 0.3) is 0 Å². The van der Waals surface area contributed by atoms with Crippen LogP contribution in [0.3, 0.4) is 0 Å². The highest BCUT2D eigenvalue weighted by Gasteiger charge is 2.45. The summed E-state index contributed by atoms with van der Waals surface area (Å²) in [6.45, 7) is 0.144. The van der Waals surface area contributed by atoms with Gasteiger partial charge in [-0.25, -0.2) is 0 Å². The minimum absolute atomic E-state index is 0.0806. The minimum Gasteiger partial charge on any atom is -0.497 e. The number of methoxy groups -OCH3 is 1. The molecule has 1 aromatic rings. The summed E-state index contributed by atoms with van der Waals surface area (Å²) >= 11 is 0. The van der Waals surface area contributed by atoms with Crippen molar-refractivity contribution >= 4 is 5.91 Å². The SMILES string of the molecule is COc1cccc(C2CC2C(=O)NC(CCO)C2CC2)c1. The van der Waals surface area contributed by atoms with Gasteiger partial charge in [0.1, 0.15) is 5.75 Å². The molecular formula is C17H23NO3. The lowest BCUT2D eigenvalue weighted by Crippen LogP contribution is -2.38. The van der Waals surface area contributed by atoms with Crippen molar-refractivity contribution in [2.24, 2.45) is 11.8 Å². The van der Waals surface area contributed by atoms with Crippen LogP contribution >= 0.6 is 0 Å². The number of rotatable bonds is 7. The van der Waals surface area contributed by atoms with E-state index in [1.54, 1.807) is 7.11 Å². The molecule has 0 aliphatic heterocycles. The topological polar surface area (TPSA) is 58.6 Å². The smallest absolute Gasteiger partial charge is 0.223 e. The number of hydrogen-bond donors (Lipinski definition) is 2. The summed E-state index contributed by atoms with van der Waals surface area (Å²) < 4.78 is 5.24. The summed E-state index contributed by atoms with van der Waals surface area (Å²) in [5.74, 6) is 1.96. The summed E-state index contributed by atoms with van der Waals surface area (Å²) in [5.41, 5.74) is 1.18. The first-order valence-electron chi connectivity index (χ1n) is 7.78. The Morgan fingerprint density at radius 1 is 1.48 bits per heavy atom. The van der Waals surface area contributed by atoms with E-state index in [1.807, 2.05) is 18.2 Å². The predicted molar refractivity (Wildman–Crippen MR) is 80.2 cm³/mol. The lowest BCUT2D eigenvalue weighted by atomic mass is 10.1. The van der Waals surface area contributed by atoms with E-state index >= 15 is 0 Å². The van der Waals surface area contributed by atoms with Crippen LogP contribution < -0.4 is 10.1 Å². The van der Waals surface area contributed by atoms with Crippen LogP contribution in [0.2, 0.25) is 0 Å². The maximum absolute atomic E-state index is 12.3. The van der Waals surface area contributed by atoms with Crippen molar-refractivity contribution in [3.8, 4) is 5.75 Å². The molecule has 4 heteroatoms. The molecule has 1 amide bonds. The Morgan fingerprint density at radius 3 is 2.95 bits per heavy atom. The van der Waals surface area contributed by atoms with E-state index in [1.165, 1.54) is 18.4 Å². The third-order valence-electron chi connectivity index (χ3n) is 4.61. The lowest BCUT2D eigenvalue weighted by Gasteiger charge is -2.17. The van der Waals surface area contributed by atoms with E-state index in [0.717, 1.165) is 12.2 Å². The van der Waals surface area contributed by atoms with Gasteiger partial charge in [0, 0.05) is 18.6 Å². The van der Waals surface area contributed by atoms with E-state index in [-0.39, 0.29) is 24.5 Å². The molecule has 4 nitrogen and oxygen atoms in total. The maximum atomic E-state index is 12.3. The molecule has 2 N–H and O–H groups in total. The van der Waals surface area contributed by atoms with Gasteiger partial charge in [0.05, 0.1) is 7.11 Å². The number of aliphatic hydroxyl groups excluding tert-OH is 1. The number of ether oxygens (including phenoxy) is 1. The summed E-state index contributed by atoms with van der Waals surface area (Å²) in [5, 5.41) is 12.2. The fourth-order valence-corrected chi connectivity index (χ4v) is 3.08. The van der Waals surface area contributed by atoms with Crippen molar-refractivity contribution in [3.63, 3.8) is 0 Å². The Labute approximate surface area is 125 Å². The molecule has 0 spiro atoms. The summed E-state index contributed by atoms with van der Waals surface area (Å²) in [6.07, 6.45) is 3.94. The average Bonchev–Trinajstić information content (AvgIpc) is 3.40. The average molecular weight is 289 g/mol. The normalized spacial score (nSPS) is 25.2. The van der Waals surface area contributed by atoms with Crippen LogP contribution in [0.5, 0.6) is 5.75 Å². The number of hydrogen-bond acceptors (Lipinski definition) is 3. The van der Waals surface area contributed by atoms with Crippen molar-refractivity contribution in [1.82, 2.24) is 5.32 Å². The first-order valence-corrected chi connectivity index (χ1v) is 7.78. The predicted octanol–water partition coefficient (Wildman–Crippen LogP) is 2.08. The van der Waals surface area contributed by atoms with Crippen LogP contribution in [0.1, 0.15) is 37.2 Å². The molecule has 2 saturated carbocycles. The Balaban J connectivity index is 1.57. The molecule has 2 aliphatic rings. The lowest BCUT2D eigenvalue weighted by molar-refractivity contribution is -0.123. The molecule has 3 unspecified atom stereocenters. The van der Waals surface area contributed by atoms with E-state index in [0.29, 0.717) is 18.3 Å². The first kappa shape index (κ1) is 14.4. The molecule has 3 atom stereocenters. The van der Waals surface area contributed by atoms with Crippen LogP contribution in [0.15, 0.2) is 24.3 Å². The maximum Gasteiger partial charge on any atom is 0.223 e. The fraction of sp³-hybridized carbons (Fsp3) is 0.588. The zero-order chi connectivity index (χ0) is 14.8. The van der Waals surface area contributed by atoms with Crippen molar-refractivity contribution < 1.29 is 14.6 Å². The third-order valence-corrected chi connectivity index (χ3v) is 4.61. The second-order valence-corrected chi connectivity index (χ2v) is 6.19. The van der Waals surface area contributed by atoms with E-state index in [2.05, 4.69) is 11.4 Å². The molecule has 3 rings (SSSR count). The number of carbonyl (C=O) groups excluding carboxylic acids is 1. The summed E-state index contributed by atoms with van der Waals surface area (Å²) in [6, 6.07) is 8.14. The van der Waals surface area contributed by atoms with Gasteiger partial charge in [-0.1, -0.05) is 12.1 Å². The van der Waals surface area contributed by atoms with Gasteiger partial charge in [0.25, 0.3) is 0 Å². The molecule has 21 heavy (non-hydrogen) atoms. The second kappa shape index (κ2) is 6.06. The number of nitrogens with one attached hydrogen (secondary N) is 1. The molecule has 0 bridgehead atoms. The monoisotopic (exact) mass is 289 g/mol. The molecule has 0 saturated heterocycles. The Hall–Kier alpha value is -1.55. The molecule has 0 radical (unpaired) electrons. The van der Waals surface area contributed by atoms with Gasteiger partial charge < -0.3 is 15.2 Å². The summed E-state index contributed by atoms with van der Waals surface area (Å²) in [7, 11) is 1.66. The van der Waals surface area contributed by atoms with Gasteiger partial charge in [-0.2, -0.15) is 0 Å². The molecular weight excluding hydrogens is 266 g/mol. The highest BCUT2D eigenvalue weighted by Crippen LogP contribution is 2.48. The third kappa shape index (κ3) is 3.38. The molecule has 1 aromatic carbocycles. The van der Waals surface area contributed by atoms with Crippen molar-refractivity contribution in [2.75, 3.05) is 13.7 Å². The van der Waals surface area contributed by atoms with Crippen LogP contribution in [-0.4, -0.2) is 30.8 Å². The Kier molecular flexibility index (Phi) is 4.15. The van der Waals surface area contributed by atoms with Crippen LogP contribution in [-0.2, 0) is 4.79 Å². The first-order chi connectivity index (χ1) is 10.2. The van der Waals surface area contributed by atoms with Gasteiger partial charge in [-0.15, -0.1) is 0 Å². The molecule has 2 fully saturated rings. The Bertz CT molecular complexity index is 513. The molecule has 114 valence electrons. The van der Waals surface area contributed by atoms with Gasteiger partial charge in [0.2, 0.25) is 5.91 Å². The quantitative estimate of drug-likeness (QED) is 0.808. The largest absolute Gasteiger partial charge is 0.497 e. The zero-order valence-electron chi connectivity index (χ0n) is 12.4. The minimum atomic E-state index is 0.0806. The van der Waals surface area contributed by atoms with Gasteiger partial charge >= 0.3 is 0 Å². The molecule has 0 aromatic heterocycles. The van der Waals surface area contributed by atoms with Crippen molar-refractivity contribution in [2.45, 2.75) is 37.6 Å². The fourth-order valence-electron chi connectivity index (χ4n) is 3.08. The molecule has 2 aliphatic carbocycles. The molecule has 0 heterocycles. The standard InChI is InChI=1S/C17H23NO3/c1-21-13-4-2-3-12(9-13)14-10-15(14)17(20)18-16(7-8-19)11-5-6-11/h2-4,9,11,14-16,19H,5-8,10H2,1H3,(H,18,20). The van der Waals surface area contributed by atoms with Crippen molar-refractivity contribution in [3.05, 3.63) is 29.8 Å². The number of amides is 1.